The molecule has 0 aromatic heterocycles. The predicted molar refractivity (Wildman–Crippen MR) is 318 cm³/mol. The Morgan fingerprint density at radius 1 is 0.506 bits per heavy atom. The van der Waals surface area contributed by atoms with E-state index < -0.39 is 11.2 Å². The minimum absolute atomic E-state index is 0.151. The lowest BCUT2D eigenvalue weighted by Gasteiger charge is -2.42. The van der Waals surface area contributed by atoms with Crippen LogP contribution in [0.1, 0.15) is 146 Å². The van der Waals surface area contributed by atoms with Crippen LogP contribution >= 0.6 is 0 Å². The summed E-state index contributed by atoms with van der Waals surface area (Å²) in [4.78, 5) is 0. The molecule has 388 valence electrons. The zero-order valence-corrected chi connectivity index (χ0v) is 46.6. The average Bonchev–Trinajstić information content (AvgIpc) is 4.02. The summed E-state index contributed by atoms with van der Waals surface area (Å²) in [5.41, 5.74) is 18.4. The van der Waals surface area contributed by atoms with Crippen molar-refractivity contribution in [1.29, 1.82) is 0 Å². The van der Waals surface area contributed by atoms with E-state index in [2.05, 4.69) is 203 Å². The molecule has 0 fully saturated rings. The van der Waals surface area contributed by atoms with Crippen LogP contribution in [-0.2, 0) is 11.2 Å². The second-order valence-electron chi connectivity index (χ2n) is 25.4. The van der Waals surface area contributed by atoms with Gasteiger partial charge in [-0.2, -0.15) is 0 Å². The van der Waals surface area contributed by atoms with Crippen molar-refractivity contribution >= 4 is 43.8 Å². The number of fused-ring (bicyclic) bond motifs is 14. The Morgan fingerprint density at radius 2 is 0.961 bits per heavy atom. The van der Waals surface area contributed by atoms with Crippen molar-refractivity contribution in [2.45, 2.75) is 113 Å². The lowest BCUT2D eigenvalue weighted by molar-refractivity contribution is 0.149. The van der Waals surface area contributed by atoms with Crippen LogP contribution in [0, 0.1) is 34.5 Å². The summed E-state index contributed by atoms with van der Waals surface area (Å²) < 4.78 is 15.5. The van der Waals surface area contributed by atoms with E-state index >= 15 is 0 Å². The first-order valence-electron chi connectivity index (χ1n) is 28.5. The number of phenols is 2. The van der Waals surface area contributed by atoms with Gasteiger partial charge in [-0.1, -0.05) is 178 Å². The Bertz CT molecular complexity index is 3860. The molecule has 2 spiro atoms. The second kappa shape index (κ2) is 17.6. The van der Waals surface area contributed by atoms with Crippen LogP contribution < -0.4 is 9.47 Å². The van der Waals surface area contributed by atoms with Crippen LogP contribution in [0.5, 0.6) is 23.0 Å². The second-order valence-corrected chi connectivity index (χ2v) is 25.4. The number of hydrogen-bond acceptors (Lipinski definition) is 4. The van der Waals surface area contributed by atoms with Crippen LogP contribution in [0.25, 0.3) is 43.8 Å². The van der Waals surface area contributed by atoms with E-state index in [-0.39, 0.29) is 46.0 Å². The molecule has 0 radical (unpaired) electrons. The number of benzene rings is 7. The van der Waals surface area contributed by atoms with E-state index in [9.17, 15) is 10.2 Å². The fraction of sp³-hybridized carbons (Fsp3) is 0.315. The highest BCUT2D eigenvalue weighted by Gasteiger charge is 2.54. The largest absolute Gasteiger partial charge is 0.508 e. The number of rotatable bonds is 8. The molecule has 2 heterocycles. The van der Waals surface area contributed by atoms with E-state index in [4.69, 9.17) is 9.47 Å². The first-order valence-corrected chi connectivity index (χ1v) is 28.5. The number of ether oxygens (including phenoxy) is 2. The van der Waals surface area contributed by atoms with Crippen LogP contribution in [-0.4, -0.2) is 10.2 Å². The maximum absolute atomic E-state index is 10.9. The number of hydrogen-bond donors (Lipinski definition) is 2. The molecule has 7 aromatic carbocycles. The molecule has 0 saturated carbocycles. The monoisotopic (exact) mass is 1010 g/mol. The minimum atomic E-state index is -0.877. The number of allylic oxidation sites excluding steroid dienone is 6. The van der Waals surface area contributed by atoms with Crippen molar-refractivity contribution in [3.8, 4) is 23.0 Å². The molecule has 0 saturated heterocycles. The van der Waals surface area contributed by atoms with Gasteiger partial charge < -0.3 is 19.7 Å². The van der Waals surface area contributed by atoms with Gasteiger partial charge in [0.25, 0.3) is 0 Å². The molecule has 0 amide bonds. The summed E-state index contributed by atoms with van der Waals surface area (Å²) in [6, 6.07) is 47.0. The summed E-state index contributed by atoms with van der Waals surface area (Å²) in [5, 5.41) is 25.7. The van der Waals surface area contributed by atoms with E-state index in [0.717, 1.165) is 98.5 Å². The molecule has 4 heteroatoms. The van der Waals surface area contributed by atoms with Gasteiger partial charge in [-0.3, -0.25) is 0 Å². The first kappa shape index (κ1) is 49.3. The summed E-state index contributed by atoms with van der Waals surface area (Å²) in [5.74, 6) is 2.86. The van der Waals surface area contributed by atoms with E-state index in [1.807, 2.05) is 12.1 Å². The summed E-state index contributed by atoms with van der Waals surface area (Å²) in [6.07, 6.45) is 15.5. The van der Waals surface area contributed by atoms with E-state index in [0.29, 0.717) is 0 Å². The van der Waals surface area contributed by atoms with Crippen LogP contribution in [0.3, 0.4) is 0 Å². The highest BCUT2D eigenvalue weighted by Crippen LogP contribution is 2.63. The van der Waals surface area contributed by atoms with Crippen LogP contribution in [0.2, 0.25) is 0 Å². The smallest absolute Gasteiger partial charge is 0.176 e. The molecule has 77 heavy (non-hydrogen) atoms. The van der Waals surface area contributed by atoms with E-state index in [1.54, 1.807) is 12.1 Å². The fourth-order valence-electron chi connectivity index (χ4n) is 14.5. The van der Waals surface area contributed by atoms with Crippen molar-refractivity contribution in [1.82, 2.24) is 0 Å². The maximum atomic E-state index is 10.9. The van der Waals surface area contributed by atoms with Crippen molar-refractivity contribution < 1.29 is 19.7 Å². The quantitative estimate of drug-likeness (QED) is 0.149. The van der Waals surface area contributed by atoms with Gasteiger partial charge in [-0.05, 0) is 180 Å². The fourth-order valence-corrected chi connectivity index (χ4v) is 14.5. The SMILES string of the molecule is CCC(C)(C)CCC1=CC(C)C2=C(C1C)C1(C=C(c3cccc(C4=CC5(Oc6ccc7cc(O)ccc7c64)C4=C(c6ccccc65)C(C)C=C(CCC(C)(C)C)C4C)c3)c3c(ccc4cc(O)ccc34)O1)c1ccccc12. The lowest BCUT2D eigenvalue weighted by Crippen LogP contribution is -2.38. The molecule has 13 rings (SSSR count). The van der Waals surface area contributed by atoms with Gasteiger partial charge in [0, 0.05) is 45.9 Å². The molecule has 4 aliphatic carbocycles. The zero-order chi connectivity index (χ0) is 53.5. The first-order chi connectivity index (χ1) is 36.9. The number of aromatic hydroxyl groups is 2. The third-order valence-corrected chi connectivity index (χ3v) is 18.8. The standard InChI is InChI=1S/C73H72O4/c1-11-71(9,10)34-32-47-36-43(3)65-57-20-13-15-22-61(57)73(69(65)45(47)5)41-59(67-55-28-26-53(75)39-51(55)24-30-63(67)77-73)49-18-16-17-48(37-49)58-40-72(76-62-29-23-50-38-52(74)25-27-54(50)66(58)62)60-21-14-12-19-56(60)64-42(2)35-46(44(4)68(64)72)31-33-70(6,7)8/h12-30,35-45,74-75H,11,31-34H2,1-10H3. The van der Waals surface area contributed by atoms with Crippen LogP contribution in [0.4, 0.5) is 0 Å². The third kappa shape index (κ3) is 7.66. The Balaban J connectivity index is 1.05. The average molecular weight is 1010 g/mol. The third-order valence-electron chi connectivity index (χ3n) is 18.8. The highest BCUT2D eigenvalue weighted by atomic mass is 16.5. The van der Waals surface area contributed by atoms with Gasteiger partial charge in [-0.25, -0.2) is 0 Å². The van der Waals surface area contributed by atoms with Gasteiger partial charge in [0.05, 0.1) is 0 Å². The zero-order valence-electron chi connectivity index (χ0n) is 46.6. The van der Waals surface area contributed by atoms with Gasteiger partial charge >= 0.3 is 0 Å². The maximum Gasteiger partial charge on any atom is 0.176 e. The van der Waals surface area contributed by atoms with E-state index in [1.165, 1.54) is 55.7 Å². The van der Waals surface area contributed by atoms with Crippen molar-refractivity contribution in [3.05, 3.63) is 225 Å². The molecule has 6 atom stereocenters. The van der Waals surface area contributed by atoms with Crippen molar-refractivity contribution in [2.24, 2.45) is 34.5 Å². The Hall–Kier alpha value is -7.30. The molecule has 4 nitrogen and oxygen atoms in total. The van der Waals surface area contributed by atoms with Crippen molar-refractivity contribution in [2.75, 3.05) is 0 Å². The normalized spacial score (nSPS) is 24.1. The number of phenolic OH excluding ortho intramolecular Hbond substituents is 2. The molecule has 6 unspecified atom stereocenters. The molecule has 2 aliphatic heterocycles. The van der Waals surface area contributed by atoms with Gasteiger partial charge in [0.15, 0.2) is 11.2 Å². The van der Waals surface area contributed by atoms with Gasteiger partial charge in [0.1, 0.15) is 23.0 Å². The van der Waals surface area contributed by atoms with Gasteiger partial charge in [-0.15, -0.1) is 0 Å². The van der Waals surface area contributed by atoms with Crippen LogP contribution in [0.15, 0.2) is 180 Å². The summed E-state index contributed by atoms with van der Waals surface area (Å²) in [6.45, 7) is 23.7. The minimum Gasteiger partial charge on any atom is -0.508 e. The molecular formula is C73H72O4. The molecule has 6 aliphatic rings. The molecule has 7 aromatic rings. The molecular weight excluding hydrogens is 941 g/mol. The molecule has 0 bridgehead atoms. The Kier molecular flexibility index (Phi) is 11.3. The summed E-state index contributed by atoms with van der Waals surface area (Å²) in [7, 11) is 0. The Morgan fingerprint density at radius 3 is 1.42 bits per heavy atom. The highest BCUT2D eigenvalue weighted by molar-refractivity contribution is 6.06. The van der Waals surface area contributed by atoms with Crippen molar-refractivity contribution in [3.63, 3.8) is 0 Å². The topological polar surface area (TPSA) is 58.9 Å². The Labute approximate surface area is 455 Å². The lowest BCUT2D eigenvalue weighted by atomic mass is 9.70. The predicted octanol–water partition coefficient (Wildman–Crippen LogP) is 18.8. The van der Waals surface area contributed by atoms with Gasteiger partial charge in [0.2, 0.25) is 0 Å². The molecule has 2 N–H and O–H groups in total. The summed E-state index contributed by atoms with van der Waals surface area (Å²) >= 11 is 0.